The van der Waals surface area contributed by atoms with Crippen LogP contribution in [0.4, 0.5) is 5.82 Å². The van der Waals surface area contributed by atoms with Gasteiger partial charge in [0.2, 0.25) is 5.91 Å². The summed E-state index contributed by atoms with van der Waals surface area (Å²) in [5.41, 5.74) is 1.49. The molecular formula is C18H17ClN4O. The highest BCUT2D eigenvalue weighted by Gasteiger charge is 2.23. The number of pyridine rings is 1. The van der Waals surface area contributed by atoms with Gasteiger partial charge in [0.1, 0.15) is 11.9 Å². The van der Waals surface area contributed by atoms with Crippen LogP contribution in [0.3, 0.4) is 0 Å². The minimum absolute atomic E-state index is 0.0958. The van der Waals surface area contributed by atoms with Crippen molar-refractivity contribution in [2.45, 2.75) is 6.42 Å². The highest BCUT2D eigenvalue weighted by atomic mass is 35.5. The van der Waals surface area contributed by atoms with Crippen LogP contribution in [0.25, 0.3) is 0 Å². The fourth-order valence-electron chi connectivity index (χ4n) is 2.84. The minimum Gasteiger partial charge on any atom is -0.352 e. The Morgan fingerprint density at radius 2 is 2.00 bits per heavy atom. The molecule has 0 N–H and O–H groups in total. The highest BCUT2D eigenvalue weighted by molar-refractivity contribution is 6.30. The number of hydrogen-bond acceptors (Lipinski definition) is 4. The molecule has 0 bridgehead atoms. The zero-order chi connectivity index (χ0) is 16.9. The van der Waals surface area contributed by atoms with E-state index in [4.69, 9.17) is 11.6 Å². The lowest BCUT2D eigenvalue weighted by atomic mass is 10.1. The largest absolute Gasteiger partial charge is 0.352 e. The lowest BCUT2D eigenvalue weighted by molar-refractivity contribution is -0.130. The summed E-state index contributed by atoms with van der Waals surface area (Å²) in [7, 11) is 0. The van der Waals surface area contributed by atoms with Crippen molar-refractivity contribution in [3.05, 3.63) is 58.7 Å². The van der Waals surface area contributed by atoms with Crippen molar-refractivity contribution in [1.29, 1.82) is 5.26 Å². The summed E-state index contributed by atoms with van der Waals surface area (Å²) < 4.78 is 0. The molecule has 0 spiro atoms. The van der Waals surface area contributed by atoms with Gasteiger partial charge < -0.3 is 9.80 Å². The van der Waals surface area contributed by atoms with E-state index in [1.54, 1.807) is 24.4 Å². The van der Waals surface area contributed by atoms with Gasteiger partial charge in [-0.15, -0.1) is 0 Å². The van der Waals surface area contributed by atoms with E-state index in [0.717, 1.165) is 5.56 Å². The van der Waals surface area contributed by atoms with Gasteiger partial charge in [0.05, 0.1) is 12.0 Å². The maximum absolute atomic E-state index is 12.4. The van der Waals surface area contributed by atoms with Gasteiger partial charge in [-0.3, -0.25) is 4.79 Å². The quantitative estimate of drug-likeness (QED) is 0.861. The number of amides is 1. The molecule has 6 heteroatoms. The summed E-state index contributed by atoms with van der Waals surface area (Å²) in [5, 5.41) is 9.83. The topological polar surface area (TPSA) is 60.2 Å². The fourth-order valence-corrected chi connectivity index (χ4v) is 3.05. The van der Waals surface area contributed by atoms with Crippen molar-refractivity contribution in [2.75, 3.05) is 31.1 Å². The van der Waals surface area contributed by atoms with Gasteiger partial charge >= 0.3 is 0 Å². The van der Waals surface area contributed by atoms with Crippen LogP contribution in [0.15, 0.2) is 42.6 Å². The lowest BCUT2D eigenvalue weighted by Gasteiger charge is -2.35. The van der Waals surface area contributed by atoms with E-state index in [0.29, 0.717) is 49.0 Å². The molecule has 0 aliphatic carbocycles. The summed E-state index contributed by atoms with van der Waals surface area (Å²) in [4.78, 5) is 20.7. The van der Waals surface area contributed by atoms with Crippen LogP contribution in [-0.4, -0.2) is 42.0 Å². The van der Waals surface area contributed by atoms with Crippen molar-refractivity contribution in [2.24, 2.45) is 0 Å². The van der Waals surface area contributed by atoms with Gasteiger partial charge in [-0.25, -0.2) is 4.98 Å². The monoisotopic (exact) mass is 340 g/mol. The van der Waals surface area contributed by atoms with Crippen molar-refractivity contribution in [1.82, 2.24) is 9.88 Å². The van der Waals surface area contributed by atoms with E-state index in [-0.39, 0.29) is 5.91 Å². The van der Waals surface area contributed by atoms with Crippen LogP contribution in [0, 0.1) is 11.3 Å². The standard InChI is InChI=1S/C18H17ClN4O/c19-16-5-1-3-14(11-16)12-17(24)22-7-9-23(10-8-22)18-15(13-20)4-2-6-21-18/h1-6,11H,7-10,12H2. The molecule has 1 aliphatic heterocycles. The Morgan fingerprint density at radius 1 is 1.21 bits per heavy atom. The molecule has 0 atom stereocenters. The average Bonchev–Trinajstić information content (AvgIpc) is 2.62. The number of rotatable bonds is 3. The highest BCUT2D eigenvalue weighted by Crippen LogP contribution is 2.18. The van der Waals surface area contributed by atoms with Crippen molar-refractivity contribution >= 4 is 23.3 Å². The molecule has 3 rings (SSSR count). The molecule has 24 heavy (non-hydrogen) atoms. The average molecular weight is 341 g/mol. The summed E-state index contributed by atoms with van der Waals surface area (Å²) in [6.45, 7) is 2.60. The summed E-state index contributed by atoms with van der Waals surface area (Å²) in [6.07, 6.45) is 2.04. The van der Waals surface area contributed by atoms with Crippen LogP contribution in [0.5, 0.6) is 0 Å². The third-order valence-electron chi connectivity index (χ3n) is 4.08. The van der Waals surface area contributed by atoms with E-state index in [1.807, 2.05) is 23.1 Å². The second kappa shape index (κ2) is 7.33. The van der Waals surface area contributed by atoms with Gasteiger partial charge in [-0.1, -0.05) is 23.7 Å². The second-order valence-electron chi connectivity index (χ2n) is 5.66. The molecule has 122 valence electrons. The van der Waals surface area contributed by atoms with E-state index >= 15 is 0 Å². The van der Waals surface area contributed by atoms with Crippen molar-refractivity contribution < 1.29 is 4.79 Å². The maximum atomic E-state index is 12.4. The minimum atomic E-state index is 0.0958. The Kier molecular flexibility index (Phi) is 4.97. The molecule has 1 aromatic carbocycles. The number of aromatic nitrogens is 1. The van der Waals surface area contributed by atoms with Crippen LogP contribution < -0.4 is 4.90 Å². The second-order valence-corrected chi connectivity index (χ2v) is 6.10. The fraction of sp³-hybridized carbons (Fsp3) is 0.278. The molecule has 0 unspecified atom stereocenters. The number of carbonyl (C=O) groups is 1. The number of nitriles is 1. The lowest BCUT2D eigenvalue weighted by Crippen LogP contribution is -2.49. The number of hydrogen-bond donors (Lipinski definition) is 0. The molecule has 1 amide bonds. The van der Waals surface area contributed by atoms with Gasteiger partial charge in [0.25, 0.3) is 0 Å². The third-order valence-corrected chi connectivity index (χ3v) is 4.32. The molecule has 0 radical (unpaired) electrons. The zero-order valence-electron chi connectivity index (χ0n) is 13.2. The zero-order valence-corrected chi connectivity index (χ0v) is 13.9. The number of carbonyl (C=O) groups excluding carboxylic acids is 1. The molecule has 0 saturated carbocycles. The number of benzene rings is 1. The van der Waals surface area contributed by atoms with Crippen LogP contribution in [0.1, 0.15) is 11.1 Å². The molecule has 2 aromatic rings. The SMILES string of the molecule is N#Cc1cccnc1N1CCN(C(=O)Cc2cccc(Cl)c2)CC1. The van der Waals surface area contributed by atoms with E-state index < -0.39 is 0 Å². The Hall–Kier alpha value is -2.58. The molecule has 2 heterocycles. The molecular weight excluding hydrogens is 324 g/mol. The van der Waals surface area contributed by atoms with Gasteiger partial charge in [-0.05, 0) is 29.8 Å². The molecule has 1 aromatic heterocycles. The summed E-state index contributed by atoms with van der Waals surface area (Å²) in [5.74, 6) is 0.792. The molecule has 1 fully saturated rings. The Labute approximate surface area is 146 Å². The summed E-state index contributed by atoms with van der Waals surface area (Å²) >= 11 is 5.96. The number of piperazine rings is 1. The van der Waals surface area contributed by atoms with Crippen LogP contribution in [-0.2, 0) is 11.2 Å². The number of halogens is 1. The van der Waals surface area contributed by atoms with E-state index in [1.165, 1.54) is 0 Å². The first-order chi connectivity index (χ1) is 11.7. The van der Waals surface area contributed by atoms with Crippen LogP contribution >= 0.6 is 11.6 Å². The van der Waals surface area contributed by atoms with Gasteiger partial charge in [-0.2, -0.15) is 5.26 Å². The Balaban J connectivity index is 1.61. The summed E-state index contributed by atoms with van der Waals surface area (Å²) in [6, 6.07) is 13.1. The third kappa shape index (κ3) is 3.66. The van der Waals surface area contributed by atoms with Crippen LogP contribution in [0.2, 0.25) is 5.02 Å². The first-order valence-electron chi connectivity index (χ1n) is 7.79. The molecule has 5 nitrogen and oxygen atoms in total. The van der Waals surface area contributed by atoms with E-state index in [9.17, 15) is 10.1 Å². The van der Waals surface area contributed by atoms with Crippen molar-refractivity contribution in [3.63, 3.8) is 0 Å². The first-order valence-corrected chi connectivity index (χ1v) is 8.17. The predicted molar refractivity (Wildman–Crippen MR) is 92.9 cm³/mol. The first kappa shape index (κ1) is 16.3. The molecule has 1 aliphatic rings. The maximum Gasteiger partial charge on any atom is 0.227 e. The predicted octanol–water partition coefficient (Wildman–Crippen LogP) is 2.50. The molecule has 1 saturated heterocycles. The van der Waals surface area contributed by atoms with Gasteiger partial charge in [0.15, 0.2) is 0 Å². The normalized spacial score (nSPS) is 14.3. The Morgan fingerprint density at radius 3 is 2.71 bits per heavy atom. The smallest absolute Gasteiger partial charge is 0.227 e. The van der Waals surface area contributed by atoms with E-state index in [2.05, 4.69) is 16.0 Å². The Bertz CT molecular complexity index is 779. The number of nitrogens with zero attached hydrogens (tertiary/aromatic N) is 4. The van der Waals surface area contributed by atoms with Gasteiger partial charge in [0, 0.05) is 37.4 Å². The number of anilines is 1. The van der Waals surface area contributed by atoms with Crippen molar-refractivity contribution in [3.8, 4) is 6.07 Å².